The van der Waals surface area contributed by atoms with Crippen LogP contribution in [0.5, 0.6) is 0 Å². The van der Waals surface area contributed by atoms with Gasteiger partial charge in [0, 0.05) is 10.8 Å². The molecule has 176 valence electrons. The summed E-state index contributed by atoms with van der Waals surface area (Å²) >= 11 is 0. The van der Waals surface area contributed by atoms with Crippen LogP contribution in [0.25, 0.3) is 0 Å². The molecule has 0 unspecified atom stereocenters. The van der Waals surface area contributed by atoms with Crippen LogP contribution in [0.2, 0.25) is 0 Å². The average Bonchev–Trinajstić information content (AvgIpc) is 3.09. The van der Waals surface area contributed by atoms with E-state index < -0.39 is 58.1 Å². The second kappa shape index (κ2) is 8.48. The molecule has 3 aliphatic rings. The summed E-state index contributed by atoms with van der Waals surface area (Å²) in [4.78, 5) is 52.1. The molecule has 0 spiro atoms. The monoisotopic (exact) mass is 452 g/mol. The van der Waals surface area contributed by atoms with Gasteiger partial charge in [0.15, 0.2) is 0 Å². The summed E-state index contributed by atoms with van der Waals surface area (Å²) in [5, 5.41) is 22.5. The van der Waals surface area contributed by atoms with Gasteiger partial charge in [0.2, 0.25) is 0 Å². The molecule has 32 heavy (non-hydrogen) atoms. The molecule has 0 heterocycles. The summed E-state index contributed by atoms with van der Waals surface area (Å²) in [7, 11) is 4.43. The van der Waals surface area contributed by atoms with Crippen molar-refractivity contribution in [1.29, 1.82) is 0 Å². The number of esters is 4. The van der Waals surface area contributed by atoms with E-state index in [0.717, 1.165) is 41.3 Å². The van der Waals surface area contributed by atoms with Crippen molar-refractivity contribution in [1.82, 2.24) is 0 Å². The van der Waals surface area contributed by atoms with E-state index in [4.69, 9.17) is 18.9 Å². The van der Waals surface area contributed by atoms with Gasteiger partial charge < -0.3 is 29.2 Å². The first-order valence-electron chi connectivity index (χ1n) is 10.4. The van der Waals surface area contributed by atoms with Gasteiger partial charge in [-0.25, -0.2) is 9.59 Å². The molecule has 1 fully saturated rings. The molecule has 4 atom stereocenters. The van der Waals surface area contributed by atoms with Crippen LogP contribution >= 0.6 is 0 Å². The molecule has 0 saturated heterocycles. The number of methoxy groups -OCH3 is 4. The molecule has 10 nitrogen and oxygen atoms in total. The summed E-state index contributed by atoms with van der Waals surface area (Å²) in [6.07, 6.45) is 2.71. The van der Waals surface area contributed by atoms with Gasteiger partial charge in [-0.15, -0.1) is 0 Å². The number of rotatable bonds is 4. The maximum Gasteiger partial charge on any atom is 0.337 e. The zero-order chi connectivity index (χ0) is 23.8. The molecule has 10 heteroatoms. The van der Waals surface area contributed by atoms with E-state index in [1.54, 1.807) is 0 Å². The minimum atomic E-state index is -1.66. The predicted octanol–water partition coefficient (Wildman–Crippen LogP) is 1.89. The first-order valence-corrected chi connectivity index (χ1v) is 10.4. The van der Waals surface area contributed by atoms with Gasteiger partial charge in [0.25, 0.3) is 0 Å². The maximum absolute atomic E-state index is 13.0. The van der Waals surface area contributed by atoms with E-state index in [2.05, 4.69) is 0 Å². The normalized spacial score (nSPS) is 31.8. The lowest BCUT2D eigenvalue weighted by Gasteiger charge is -2.48. The molecule has 1 saturated carbocycles. The largest absolute Gasteiger partial charge is 0.511 e. The first kappa shape index (κ1) is 23.6. The molecule has 0 radical (unpaired) electrons. The summed E-state index contributed by atoms with van der Waals surface area (Å²) in [6.45, 7) is 0. The highest BCUT2D eigenvalue weighted by Gasteiger charge is 2.79. The van der Waals surface area contributed by atoms with Crippen LogP contribution in [0.4, 0.5) is 0 Å². The van der Waals surface area contributed by atoms with Crippen LogP contribution in [0.15, 0.2) is 22.7 Å². The van der Waals surface area contributed by atoms with E-state index in [1.165, 1.54) is 0 Å². The summed E-state index contributed by atoms with van der Waals surface area (Å²) in [6, 6.07) is 0. The molecular weight excluding hydrogens is 424 g/mol. The van der Waals surface area contributed by atoms with E-state index >= 15 is 0 Å². The Bertz CT molecular complexity index is 842. The number of hydrogen-bond acceptors (Lipinski definition) is 10. The van der Waals surface area contributed by atoms with E-state index in [1.807, 2.05) is 0 Å². The van der Waals surface area contributed by atoms with Crippen molar-refractivity contribution in [3.8, 4) is 0 Å². The summed E-state index contributed by atoms with van der Waals surface area (Å²) in [5.74, 6) is -8.06. The van der Waals surface area contributed by atoms with Crippen molar-refractivity contribution in [2.45, 2.75) is 38.5 Å². The minimum absolute atomic E-state index is 0.110. The van der Waals surface area contributed by atoms with Crippen molar-refractivity contribution in [2.75, 3.05) is 28.4 Å². The average molecular weight is 452 g/mol. The number of ether oxygens (including phenoxy) is 4. The highest BCUT2D eigenvalue weighted by molar-refractivity contribution is 6.03. The molecular formula is C22H28O10. The van der Waals surface area contributed by atoms with Crippen LogP contribution in [0.3, 0.4) is 0 Å². The lowest BCUT2D eigenvalue weighted by atomic mass is 9.51. The van der Waals surface area contributed by atoms with Gasteiger partial charge in [-0.3, -0.25) is 9.59 Å². The van der Waals surface area contributed by atoms with Gasteiger partial charge in [-0.05, 0) is 12.8 Å². The van der Waals surface area contributed by atoms with Gasteiger partial charge in [0.05, 0.1) is 39.6 Å². The standard InChI is InChI=1S/C22H28O10/c1-29-17(25)11-15(23)12(18(26)30-2)22-10-8-6-5-7-9-21(11,22)13(19(27)31-3)16(24)14(22)20(28)32-4/h11,14,23-24H,5-10H2,1-4H3/t11-,14-,21-,22-/m1/s1. The predicted molar refractivity (Wildman–Crippen MR) is 107 cm³/mol. The van der Waals surface area contributed by atoms with Crippen LogP contribution in [-0.4, -0.2) is 62.5 Å². The minimum Gasteiger partial charge on any atom is -0.511 e. The molecule has 0 amide bonds. The van der Waals surface area contributed by atoms with E-state index in [-0.39, 0.29) is 24.0 Å². The third-order valence-corrected chi connectivity index (χ3v) is 7.28. The maximum atomic E-state index is 13.0. The van der Waals surface area contributed by atoms with E-state index in [0.29, 0.717) is 12.8 Å². The highest BCUT2D eigenvalue weighted by Crippen LogP contribution is 2.75. The van der Waals surface area contributed by atoms with Crippen LogP contribution in [-0.2, 0) is 38.1 Å². The smallest absolute Gasteiger partial charge is 0.337 e. The zero-order valence-electron chi connectivity index (χ0n) is 18.6. The second-order valence-corrected chi connectivity index (χ2v) is 8.27. The molecule has 0 aromatic heterocycles. The Hall–Kier alpha value is -3.04. The Morgan fingerprint density at radius 1 is 0.656 bits per heavy atom. The molecule has 2 N–H and O–H groups in total. The SMILES string of the molecule is COC(=O)C1=C(O)[C@H](C(=O)OC)[C@]23CCCCCC[C@@]12[C@@H](C(=O)OC)C(O)=C3C(=O)OC. The zero-order valence-corrected chi connectivity index (χ0v) is 18.6. The lowest BCUT2D eigenvalue weighted by Crippen LogP contribution is -2.51. The fourth-order valence-corrected chi connectivity index (χ4v) is 6.25. The van der Waals surface area contributed by atoms with Gasteiger partial charge in [0.1, 0.15) is 23.4 Å². The Balaban J connectivity index is 2.52. The quantitative estimate of drug-likeness (QED) is 0.479. The van der Waals surface area contributed by atoms with Crippen molar-refractivity contribution in [3.63, 3.8) is 0 Å². The fraction of sp³-hybridized carbons (Fsp3) is 0.636. The van der Waals surface area contributed by atoms with Crippen molar-refractivity contribution in [2.24, 2.45) is 22.7 Å². The van der Waals surface area contributed by atoms with Gasteiger partial charge in [-0.1, -0.05) is 25.7 Å². The number of aliphatic hydroxyl groups is 2. The molecule has 0 aromatic carbocycles. The Kier molecular flexibility index (Phi) is 6.26. The molecule has 0 aromatic rings. The third-order valence-electron chi connectivity index (χ3n) is 7.28. The number of hydrogen-bond donors (Lipinski definition) is 2. The van der Waals surface area contributed by atoms with Crippen LogP contribution in [0, 0.1) is 22.7 Å². The van der Waals surface area contributed by atoms with E-state index in [9.17, 15) is 29.4 Å². The van der Waals surface area contributed by atoms with Gasteiger partial charge in [-0.2, -0.15) is 0 Å². The molecule has 0 aliphatic heterocycles. The Morgan fingerprint density at radius 3 is 1.28 bits per heavy atom. The number of carbonyl (C=O) groups excluding carboxylic acids is 4. The molecule has 3 aliphatic carbocycles. The highest BCUT2D eigenvalue weighted by atomic mass is 16.5. The Labute approximate surface area is 185 Å². The summed E-state index contributed by atoms with van der Waals surface area (Å²) < 4.78 is 19.8. The van der Waals surface area contributed by atoms with Crippen LogP contribution in [0.1, 0.15) is 38.5 Å². The topological polar surface area (TPSA) is 146 Å². The lowest BCUT2D eigenvalue weighted by molar-refractivity contribution is -0.160. The second-order valence-electron chi connectivity index (χ2n) is 8.27. The molecule has 0 bridgehead atoms. The number of aliphatic hydroxyl groups excluding tert-OH is 2. The Morgan fingerprint density at radius 2 is 1.00 bits per heavy atom. The third kappa shape index (κ3) is 2.77. The molecule has 3 rings (SSSR count). The van der Waals surface area contributed by atoms with Crippen LogP contribution < -0.4 is 0 Å². The fourth-order valence-electron chi connectivity index (χ4n) is 6.25. The van der Waals surface area contributed by atoms with Crippen molar-refractivity contribution < 1.29 is 48.3 Å². The number of carbonyl (C=O) groups is 4. The van der Waals surface area contributed by atoms with Crippen molar-refractivity contribution >= 4 is 23.9 Å². The van der Waals surface area contributed by atoms with Gasteiger partial charge >= 0.3 is 23.9 Å². The first-order chi connectivity index (χ1) is 15.2. The van der Waals surface area contributed by atoms with Crippen molar-refractivity contribution in [3.05, 3.63) is 22.7 Å². The summed E-state index contributed by atoms with van der Waals surface area (Å²) in [5.41, 5.74) is -3.97.